The molecule has 1 aliphatic carbocycles. The molecule has 1 saturated carbocycles. The third kappa shape index (κ3) is 3.25. The van der Waals surface area contributed by atoms with Crippen molar-refractivity contribution < 1.29 is 0 Å². The summed E-state index contributed by atoms with van der Waals surface area (Å²) < 4.78 is 1.26. The zero-order valence-corrected chi connectivity index (χ0v) is 15.0. The van der Waals surface area contributed by atoms with Crippen molar-refractivity contribution in [3.63, 3.8) is 0 Å². The van der Waals surface area contributed by atoms with E-state index in [0.717, 1.165) is 5.92 Å². The van der Waals surface area contributed by atoms with Gasteiger partial charge in [0.15, 0.2) is 0 Å². The van der Waals surface area contributed by atoms with E-state index in [4.69, 9.17) is 0 Å². The van der Waals surface area contributed by atoms with Gasteiger partial charge in [0.25, 0.3) is 0 Å². The van der Waals surface area contributed by atoms with Crippen LogP contribution in [-0.4, -0.2) is 7.05 Å². The van der Waals surface area contributed by atoms with Gasteiger partial charge in [-0.2, -0.15) is 0 Å². The number of hydrogen-bond acceptors (Lipinski definition) is 2. The summed E-state index contributed by atoms with van der Waals surface area (Å²) in [6.45, 7) is 6.99. The van der Waals surface area contributed by atoms with Crippen molar-refractivity contribution in [1.29, 1.82) is 0 Å². The van der Waals surface area contributed by atoms with Gasteiger partial charge in [0.1, 0.15) is 0 Å². The first-order valence-electron chi connectivity index (χ1n) is 7.41. The molecule has 3 heteroatoms. The molecule has 1 aromatic rings. The van der Waals surface area contributed by atoms with Crippen LogP contribution in [0.2, 0.25) is 0 Å². The lowest BCUT2D eigenvalue weighted by molar-refractivity contribution is 0.161. The fourth-order valence-corrected chi connectivity index (χ4v) is 5.79. The first-order valence-corrected chi connectivity index (χ1v) is 9.02. The van der Waals surface area contributed by atoms with Crippen LogP contribution in [0, 0.1) is 18.3 Å². The third-order valence-corrected chi connectivity index (χ3v) is 6.12. The second kappa shape index (κ2) is 6.28. The summed E-state index contributed by atoms with van der Waals surface area (Å²) in [6.07, 6.45) is 6.89. The molecule has 1 nitrogen and oxygen atoms in total. The molecule has 1 unspecified atom stereocenters. The Bertz CT molecular complexity index is 418. The van der Waals surface area contributed by atoms with Crippen LogP contribution in [-0.2, 0) is 0 Å². The van der Waals surface area contributed by atoms with Crippen molar-refractivity contribution in [3.8, 4) is 0 Å². The predicted octanol–water partition coefficient (Wildman–Crippen LogP) is 5.69. The van der Waals surface area contributed by atoms with Crippen LogP contribution in [0.3, 0.4) is 0 Å². The highest BCUT2D eigenvalue weighted by atomic mass is 79.9. The number of aryl methyl sites for hydroxylation is 1. The minimum atomic E-state index is 0.466. The molecule has 0 amide bonds. The predicted molar refractivity (Wildman–Crippen MR) is 88.9 cm³/mol. The molecule has 1 N–H and O–H groups in total. The first kappa shape index (κ1) is 15.5. The molecule has 19 heavy (non-hydrogen) atoms. The fourth-order valence-electron chi connectivity index (χ4n) is 4.04. The van der Waals surface area contributed by atoms with E-state index in [2.05, 4.69) is 55.1 Å². The number of halogens is 1. The molecule has 1 fully saturated rings. The number of hydrogen-bond donors (Lipinski definition) is 1. The molecule has 0 saturated heterocycles. The summed E-state index contributed by atoms with van der Waals surface area (Å²) in [5.74, 6) is 0.774. The Balaban J connectivity index is 2.35. The number of nitrogens with one attached hydrogen (secondary N) is 1. The van der Waals surface area contributed by atoms with Crippen molar-refractivity contribution in [2.45, 2.75) is 58.9 Å². The summed E-state index contributed by atoms with van der Waals surface area (Å²) in [5.41, 5.74) is 1.98. The highest BCUT2D eigenvalue weighted by Gasteiger charge is 2.42. The summed E-state index contributed by atoms with van der Waals surface area (Å²) in [7, 11) is 2.13. The molecule has 0 aromatic carbocycles. The summed E-state index contributed by atoms with van der Waals surface area (Å²) in [4.78, 5) is 1.46. The normalized spacial score (nSPS) is 20.1. The van der Waals surface area contributed by atoms with Crippen LogP contribution < -0.4 is 5.32 Å². The molecular formula is C16H26BrNS. The lowest BCUT2D eigenvalue weighted by atomic mass is 9.70. The molecule has 108 valence electrons. The van der Waals surface area contributed by atoms with Gasteiger partial charge in [-0.1, -0.05) is 26.7 Å². The van der Waals surface area contributed by atoms with E-state index in [9.17, 15) is 0 Å². The van der Waals surface area contributed by atoms with E-state index in [1.54, 1.807) is 0 Å². The second-order valence-corrected chi connectivity index (χ2v) is 9.09. The zero-order valence-electron chi connectivity index (χ0n) is 12.6. The average Bonchev–Trinajstić information content (AvgIpc) is 2.88. The molecule has 0 aliphatic heterocycles. The lowest BCUT2D eigenvalue weighted by Crippen LogP contribution is -2.36. The van der Waals surface area contributed by atoms with Crippen molar-refractivity contribution in [2.75, 3.05) is 7.05 Å². The SMILES string of the molecule is CNC(c1cc(Br)sc1C)C1(CC(C)C)CCCC1. The Kier molecular flexibility index (Phi) is 5.13. The molecule has 0 spiro atoms. The fraction of sp³-hybridized carbons (Fsp3) is 0.750. The molecule has 1 aromatic heterocycles. The quantitative estimate of drug-likeness (QED) is 0.724. The number of thiophene rings is 1. The lowest BCUT2D eigenvalue weighted by Gasteiger charge is -2.39. The smallest absolute Gasteiger partial charge is 0.0704 e. The first-order chi connectivity index (χ1) is 8.98. The van der Waals surface area contributed by atoms with Crippen LogP contribution in [0.1, 0.15) is 62.4 Å². The Labute approximate surface area is 130 Å². The van der Waals surface area contributed by atoms with Gasteiger partial charge in [-0.05, 0) is 72.1 Å². The average molecular weight is 344 g/mol. The van der Waals surface area contributed by atoms with E-state index >= 15 is 0 Å². The Morgan fingerprint density at radius 1 is 1.37 bits per heavy atom. The van der Waals surface area contributed by atoms with Crippen LogP contribution in [0.5, 0.6) is 0 Å². The van der Waals surface area contributed by atoms with Gasteiger partial charge in [-0.3, -0.25) is 0 Å². The minimum Gasteiger partial charge on any atom is -0.312 e. The summed E-state index contributed by atoms with van der Waals surface area (Å²) >= 11 is 5.51. The summed E-state index contributed by atoms with van der Waals surface area (Å²) in [6, 6.07) is 2.85. The van der Waals surface area contributed by atoms with Crippen molar-refractivity contribution >= 4 is 27.3 Å². The topological polar surface area (TPSA) is 12.0 Å². The van der Waals surface area contributed by atoms with Crippen molar-refractivity contribution in [3.05, 3.63) is 20.3 Å². The highest BCUT2D eigenvalue weighted by Crippen LogP contribution is 2.53. The third-order valence-electron chi connectivity index (χ3n) is 4.55. The van der Waals surface area contributed by atoms with Gasteiger partial charge in [0.05, 0.1) is 3.79 Å². The van der Waals surface area contributed by atoms with Crippen molar-refractivity contribution in [1.82, 2.24) is 5.32 Å². The largest absolute Gasteiger partial charge is 0.312 e. The maximum absolute atomic E-state index is 3.65. The van der Waals surface area contributed by atoms with Crippen LogP contribution in [0.15, 0.2) is 9.85 Å². The molecule has 2 rings (SSSR count). The van der Waals surface area contributed by atoms with Gasteiger partial charge in [0, 0.05) is 10.9 Å². The molecule has 1 atom stereocenters. The molecule has 1 aliphatic rings. The van der Waals surface area contributed by atoms with E-state index < -0.39 is 0 Å². The van der Waals surface area contributed by atoms with Crippen LogP contribution >= 0.6 is 27.3 Å². The minimum absolute atomic E-state index is 0.466. The Morgan fingerprint density at radius 2 is 2.00 bits per heavy atom. The van der Waals surface area contributed by atoms with Gasteiger partial charge in [-0.15, -0.1) is 11.3 Å². The van der Waals surface area contributed by atoms with E-state index in [-0.39, 0.29) is 0 Å². The number of rotatable bonds is 5. The van der Waals surface area contributed by atoms with Crippen molar-refractivity contribution in [2.24, 2.45) is 11.3 Å². The Hall–Kier alpha value is 0.140. The summed E-state index contributed by atoms with van der Waals surface area (Å²) in [5, 5.41) is 3.65. The molecular weight excluding hydrogens is 318 g/mol. The Morgan fingerprint density at radius 3 is 2.42 bits per heavy atom. The van der Waals surface area contributed by atoms with Gasteiger partial charge >= 0.3 is 0 Å². The molecule has 0 bridgehead atoms. The maximum atomic E-state index is 3.65. The maximum Gasteiger partial charge on any atom is 0.0704 e. The van der Waals surface area contributed by atoms with E-state index in [0.29, 0.717) is 11.5 Å². The van der Waals surface area contributed by atoms with Gasteiger partial charge in [0.2, 0.25) is 0 Å². The molecule has 0 radical (unpaired) electrons. The van der Waals surface area contributed by atoms with Crippen LogP contribution in [0.4, 0.5) is 0 Å². The molecule has 1 heterocycles. The monoisotopic (exact) mass is 343 g/mol. The second-order valence-electron chi connectivity index (χ2n) is 6.45. The van der Waals surface area contributed by atoms with Gasteiger partial charge in [-0.25, -0.2) is 0 Å². The van der Waals surface area contributed by atoms with E-state index in [1.807, 2.05) is 11.3 Å². The zero-order chi connectivity index (χ0) is 14.0. The van der Waals surface area contributed by atoms with Crippen LogP contribution in [0.25, 0.3) is 0 Å². The van der Waals surface area contributed by atoms with E-state index in [1.165, 1.54) is 46.3 Å². The van der Waals surface area contributed by atoms with Gasteiger partial charge < -0.3 is 5.32 Å². The highest BCUT2D eigenvalue weighted by molar-refractivity contribution is 9.11. The standard InChI is InChI=1S/C16H26BrNS/c1-11(2)10-16(7-5-6-8-16)15(18-4)13-9-14(17)19-12(13)3/h9,11,15,18H,5-8,10H2,1-4H3.